The van der Waals surface area contributed by atoms with Crippen molar-refractivity contribution in [1.29, 1.82) is 0 Å². The van der Waals surface area contributed by atoms with E-state index in [1.807, 2.05) is 12.1 Å². The van der Waals surface area contributed by atoms with Crippen molar-refractivity contribution in [2.45, 2.75) is 70.1 Å². The number of nitrogens with zero attached hydrogens (tertiary/aromatic N) is 3. The molecule has 0 spiro atoms. The number of halogens is 1. The van der Waals surface area contributed by atoms with E-state index >= 15 is 0 Å². The highest BCUT2D eigenvalue weighted by molar-refractivity contribution is 6.30. The standard InChI is InChI=1S/C32H40ClN3O2/c1-38-31(37)12-4-11-30-28-9-6-18-34-17-5-7-24(32(28)34)20-36(30)22-25-21-35(29-10-3-2-8-27(25)29)19-23-13-15-26(33)16-14-23/h2-3,8,10,13-16,21,24,28,30,32H,4-7,9,11-12,17-20,22H2,1H3/t24-,28-,30-,32+/m1/s1. The average molecular weight is 534 g/mol. The van der Waals surface area contributed by atoms with Gasteiger partial charge < -0.3 is 9.30 Å². The zero-order chi connectivity index (χ0) is 26.1. The Hall–Kier alpha value is -2.34. The molecule has 3 fully saturated rings. The van der Waals surface area contributed by atoms with Gasteiger partial charge >= 0.3 is 5.97 Å². The van der Waals surface area contributed by atoms with Crippen LogP contribution in [0.4, 0.5) is 0 Å². The van der Waals surface area contributed by atoms with Gasteiger partial charge in [0.2, 0.25) is 0 Å². The number of methoxy groups -OCH3 is 1. The van der Waals surface area contributed by atoms with E-state index in [1.165, 1.54) is 67.9 Å². The lowest BCUT2D eigenvalue weighted by Gasteiger charge is -2.57. The number of carbonyl (C=O) groups excluding carboxylic acids is 1. The van der Waals surface area contributed by atoms with Crippen LogP contribution in [0.15, 0.2) is 54.7 Å². The Balaban J connectivity index is 1.29. The molecule has 3 aromatic rings. The molecule has 2 aromatic carbocycles. The molecule has 202 valence electrons. The number of hydrogen-bond acceptors (Lipinski definition) is 4. The molecule has 6 heteroatoms. The van der Waals surface area contributed by atoms with Crippen LogP contribution in [0.2, 0.25) is 5.02 Å². The van der Waals surface area contributed by atoms with E-state index in [0.29, 0.717) is 18.4 Å². The molecule has 0 aliphatic carbocycles. The minimum atomic E-state index is -0.0848. The van der Waals surface area contributed by atoms with Crippen LogP contribution in [0.1, 0.15) is 56.1 Å². The Bertz CT molecular complexity index is 1250. The van der Waals surface area contributed by atoms with Crippen molar-refractivity contribution in [2.24, 2.45) is 11.8 Å². The van der Waals surface area contributed by atoms with Crippen LogP contribution >= 0.6 is 11.6 Å². The van der Waals surface area contributed by atoms with Gasteiger partial charge in [-0.1, -0.05) is 41.9 Å². The Morgan fingerprint density at radius 3 is 2.63 bits per heavy atom. The quantitative estimate of drug-likeness (QED) is 0.316. The molecule has 4 atom stereocenters. The van der Waals surface area contributed by atoms with E-state index in [4.69, 9.17) is 16.3 Å². The summed E-state index contributed by atoms with van der Waals surface area (Å²) < 4.78 is 7.36. The first kappa shape index (κ1) is 25.9. The lowest BCUT2D eigenvalue weighted by molar-refractivity contribution is -0.141. The third kappa shape index (κ3) is 5.25. The topological polar surface area (TPSA) is 37.7 Å². The van der Waals surface area contributed by atoms with Gasteiger partial charge in [0.05, 0.1) is 7.11 Å². The van der Waals surface area contributed by atoms with Crippen molar-refractivity contribution in [3.63, 3.8) is 0 Å². The summed E-state index contributed by atoms with van der Waals surface area (Å²) in [5.74, 6) is 1.37. The lowest BCUT2D eigenvalue weighted by atomic mass is 9.69. The zero-order valence-electron chi connectivity index (χ0n) is 22.5. The molecule has 4 heterocycles. The fourth-order valence-electron chi connectivity index (χ4n) is 7.80. The van der Waals surface area contributed by atoms with Crippen LogP contribution in [-0.2, 0) is 22.6 Å². The Labute approximate surface area is 231 Å². The van der Waals surface area contributed by atoms with Crippen LogP contribution in [0.5, 0.6) is 0 Å². The molecule has 0 radical (unpaired) electrons. The average Bonchev–Trinajstić information content (AvgIpc) is 3.28. The van der Waals surface area contributed by atoms with Gasteiger partial charge in [-0.25, -0.2) is 0 Å². The largest absolute Gasteiger partial charge is 0.469 e. The normalized spacial score (nSPS) is 25.8. The van der Waals surface area contributed by atoms with Crippen LogP contribution in [0, 0.1) is 11.8 Å². The van der Waals surface area contributed by atoms with E-state index < -0.39 is 0 Å². The monoisotopic (exact) mass is 533 g/mol. The van der Waals surface area contributed by atoms with E-state index in [-0.39, 0.29) is 5.97 Å². The summed E-state index contributed by atoms with van der Waals surface area (Å²) in [7, 11) is 1.50. The van der Waals surface area contributed by atoms with Gasteiger partial charge in [0.25, 0.3) is 0 Å². The van der Waals surface area contributed by atoms with E-state index in [1.54, 1.807) is 0 Å². The number of benzene rings is 2. The first-order valence-electron chi connectivity index (χ1n) is 14.5. The Kier molecular flexibility index (Phi) is 7.78. The summed E-state index contributed by atoms with van der Waals surface area (Å²) in [5.41, 5.74) is 3.96. The number of likely N-dealkylation sites (tertiary alicyclic amines) is 1. The van der Waals surface area contributed by atoms with E-state index in [2.05, 4.69) is 57.0 Å². The molecule has 3 aliphatic rings. The molecule has 0 saturated carbocycles. The van der Waals surface area contributed by atoms with Gasteiger partial charge in [-0.2, -0.15) is 0 Å². The molecule has 0 N–H and O–H groups in total. The first-order valence-corrected chi connectivity index (χ1v) is 14.8. The van der Waals surface area contributed by atoms with Crippen molar-refractivity contribution in [1.82, 2.24) is 14.4 Å². The predicted molar refractivity (Wildman–Crippen MR) is 153 cm³/mol. The molecule has 1 aromatic heterocycles. The molecule has 0 bridgehead atoms. The fourth-order valence-corrected chi connectivity index (χ4v) is 7.93. The smallest absolute Gasteiger partial charge is 0.305 e. The molecular formula is C32H40ClN3O2. The molecule has 3 saturated heterocycles. The van der Waals surface area contributed by atoms with Gasteiger partial charge in [0.15, 0.2) is 0 Å². The van der Waals surface area contributed by atoms with Crippen molar-refractivity contribution < 1.29 is 9.53 Å². The van der Waals surface area contributed by atoms with Gasteiger partial charge in [-0.15, -0.1) is 0 Å². The number of para-hydroxylation sites is 1. The van der Waals surface area contributed by atoms with Crippen molar-refractivity contribution in [3.05, 3.63) is 70.9 Å². The highest BCUT2D eigenvalue weighted by Gasteiger charge is 2.48. The first-order chi connectivity index (χ1) is 18.6. The van der Waals surface area contributed by atoms with Crippen molar-refractivity contribution in [2.75, 3.05) is 26.7 Å². The minimum absolute atomic E-state index is 0.0848. The fraction of sp³-hybridized carbons (Fsp3) is 0.531. The van der Waals surface area contributed by atoms with Crippen molar-refractivity contribution in [3.8, 4) is 0 Å². The molecule has 5 nitrogen and oxygen atoms in total. The van der Waals surface area contributed by atoms with Gasteiger partial charge in [-0.05, 0) is 92.8 Å². The number of rotatable bonds is 8. The summed E-state index contributed by atoms with van der Waals surface area (Å²) in [4.78, 5) is 17.5. The number of aromatic nitrogens is 1. The van der Waals surface area contributed by atoms with E-state index in [9.17, 15) is 4.79 Å². The summed E-state index contributed by atoms with van der Waals surface area (Å²) in [6.45, 7) is 5.51. The number of fused-ring (bicyclic) bond motifs is 1. The number of esters is 1. The molecule has 0 unspecified atom stereocenters. The zero-order valence-corrected chi connectivity index (χ0v) is 23.3. The second-order valence-corrected chi connectivity index (χ2v) is 12.1. The predicted octanol–water partition coefficient (Wildman–Crippen LogP) is 6.36. The summed E-state index contributed by atoms with van der Waals surface area (Å²) >= 11 is 6.14. The summed E-state index contributed by atoms with van der Waals surface area (Å²) in [6.07, 6.45) is 10.2. The maximum Gasteiger partial charge on any atom is 0.305 e. The van der Waals surface area contributed by atoms with Crippen LogP contribution in [0.3, 0.4) is 0 Å². The minimum Gasteiger partial charge on any atom is -0.469 e. The van der Waals surface area contributed by atoms with Gasteiger partial charge in [0.1, 0.15) is 0 Å². The number of hydrogen-bond donors (Lipinski definition) is 0. The van der Waals surface area contributed by atoms with Gasteiger partial charge in [-0.3, -0.25) is 14.6 Å². The summed E-state index contributed by atoms with van der Waals surface area (Å²) in [6, 6.07) is 18.3. The van der Waals surface area contributed by atoms with E-state index in [0.717, 1.165) is 49.5 Å². The Morgan fingerprint density at radius 2 is 1.82 bits per heavy atom. The maximum atomic E-state index is 11.9. The van der Waals surface area contributed by atoms with Crippen LogP contribution in [0.25, 0.3) is 10.9 Å². The molecule has 3 aliphatic heterocycles. The summed E-state index contributed by atoms with van der Waals surface area (Å²) in [5, 5.41) is 2.13. The SMILES string of the molecule is COC(=O)CCC[C@@H]1[C@H]2CCCN3CCC[C@H](CN1Cc1cn(Cc4ccc(Cl)cc4)c4ccccc14)[C@@H]23. The highest BCUT2D eigenvalue weighted by Crippen LogP contribution is 2.44. The highest BCUT2D eigenvalue weighted by atomic mass is 35.5. The van der Waals surface area contributed by atoms with Gasteiger partial charge in [0, 0.05) is 60.3 Å². The molecule has 38 heavy (non-hydrogen) atoms. The number of carbonyl (C=O) groups is 1. The molecule has 6 rings (SSSR count). The van der Waals surface area contributed by atoms with Crippen LogP contribution < -0.4 is 0 Å². The lowest BCUT2D eigenvalue weighted by Crippen LogP contribution is -2.64. The second-order valence-electron chi connectivity index (χ2n) is 11.6. The van der Waals surface area contributed by atoms with Crippen LogP contribution in [-0.4, -0.2) is 59.2 Å². The second kappa shape index (κ2) is 11.4. The molecule has 0 amide bonds. The third-order valence-corrected chi connectivity index (χ3v) is 9.65. The molecular weight excluding hydrogens is 494 g/mol. The Morgan fingerprint density at radius 1 is 1.03 bits per heavy atom. The third-order valence-electron chi connectivity index (χ3n) is 9.40. The number of piperidine rings is 3. The number of ether oxygens (including phenoxy) is 1. The van der Waals surface area contributed by atoms with Crippen molar-refractivity contribution >= 4 is 28.5 Å². The maximum absolute atomic E-state index is 11.9.